The standard InChI is InChI=1S/C17H18F2N4O/c18-9-1-3-14-12(7-9)11(5-6-21-14)17(24)23-16(20)13-8-10(19)2-4-15(13)22-23/h1,3,7,10-11,21H,2,4-6,8,20H2/t10-,11?/m0/s1. The van der Waals surface area contributed by atoms with Gasteiger partial charge in [-0.3, -0.25) is 4.79 Å². The van der Waals surface area contributed by atoms with Gasteiger partial charge in [0.05, 0.1) is 11.6 Å². The molecule has 1 unspecified atom stereocenters. The Morgan fingerprint density at radius 1 is 1.38 bits per heavy atom. The van der Waals surface area contributed by atoms with Gasteiger partial charge in [-0.15, -0.1) is 0 Å². The average molecular weight is 332 g/mol. The first kappa shape index (κ1) is 15.1. The number of rotatable bonds is 1. The Morgan fingerprint density at radius 3 is 3.04 bits per heavy atom. The number of benzene rings is 1. The second kappa shape index (κ2) is 5.58. The number of nitrogens with two attached hydrogens (primary N) is 1. The minimum Gasteiger partial charge on any atom is -0.385 e. The van der Waals surface area contributed by atoms with Crippen molar-refractivity contribution in [2.24, 2.45) is 0 Å². The Bertz CT molecular complexity index is 817. The Kier molecular flexibility index (Phi) is 3.51. The van der Waals surface area contributed by atoms with Crippen molar-refractivity contribution in [3.05, 3.63) is 40.8 Å². The molecule has 2 aromatic rings. The normalized spacial score (nSPS) is 22.4. The van der Waals surface area contributed by atoms with Crippen LogP contribution in [0.4, 0.5) is 20.3 Å². The molecule has 2 aliphatic rings. The Hall–Kier alpha value is -2.44. The number of aromatic nitrogens is 2. The highest BCUT2D eigenvalue weighted by Gasteiger charge is 2.32. The zero-order valence-corrected chi connectivity index (χ0v) is 13.1. The minimum absolute atomic E-state index is 0.200. The van der Waals surface area contributed by atoms with Crippen LogP contribution in [0.2, 0.25) is 0 Å². The molecular weight excluding hydrogens is 314 g/mol. The van der Waals surface area contributed by atoms with Crippen LogP contribution < -0.4 is 11.1 Å². The number of anilines is 2. The second-order valence-corrected chi connectivity index (χ2v) is 6.40. The fourth-order valence-electron chi connectivity index (χ4n) is 3.61. The number of hydrogen-bond donors (Lipinski definition) is 2. The highest BCUT2D eigenvalue weighted by Crippen LogP contribution is 2.35. The summed E-state index contributed by atoms with van der Waals surface area (Å²) in [6.07, 6.45) is 0.676. The Labute approximate surface area is 137 Å². The zero-order chi connectivity index (χ0) is 16.8. The van der Waals surface area contributed by atoms with Gasteiger partial charge in [0.25, 0.3) is 5.91 Å². The van der Waals surface area contributed by atoms with Crippen LogP contribution >= 0.6 is 0 Å². The van der Waals surface area contributed by atoms with Crippen molar-refractivity contribution in [1.29, 1.82) is 0 Å². The van der Waals surface area contributed by atoms with Gasteiger partial charge in [-0.25, -0.2) is 8.78 Å². The molecule has 0 amide bonds. The topological polar surface area (TPSA) is 72.9 Å². The Morgan fingerprint density at radius 2 is 2.21 bits per heavy atom. The van der Waals surface area contributed by atoms with E-state index in [-0.39, 0.29) is 24.0 Å². The summed E-state index contributed by atoms with van der Waals surface area (Å²) >= 11 is 0. The van der Waals surface area contributed by atoms with Crippen LogP contribution in [0, 0.1) is 5.82 Å². The molecule has 0 saturated heterocycles. The zero-order valence-electron chi connectivity index (χ0n) is 13.1. The minimum atomic E-state index is -0.943. The van der Waals surface area contributed by atoms with Gasteiger partial charge >= 0.3 is 0 Å². The molecule has 5 nitrogen and oxygen atoms in total. The predicted octanol–water partition coefficient (Wildman–Crippen LogP) is 2.67. The largest absolute Gasteiger partial charge is 0.385 e. The van der Waals surface area contributed by atoms with Gasteiger partial charge < -0.3 is 11.1 Å². The van der Waals surface area contributed by atoms with Gasteiger partial charge in [-0.05, 0) is 43.0 Å². The molecule has 1 aliphatic carbocycles. The molecular formula is C17H18F2N4O. The van der Waals surface area contributed by atoms with Gasteiger partial charge in [-0.1, -0.05) is 0 Å². The number of hydrogen-bond acceptors (Lipinski definition) is 4. The quantitative estimate of drug-likeness (QED) is 0.842. The first-order valence-electron chi connectivity index (χ1n) is 8.12. The summed E-state index contributed by atoms with van der Waals surface area (Å²) in [5.41, 5.74) is 8.76. The molecule has 4 rings (SSSR count). The number of nitrogens with one attached hydrogen (secondary N) is 1. The number of alkyl halides is 1. The maximum absolute atomic E-state index is 13.6. The fraction of sp³-hybridized carbons (Fsp3) is 0.412. The van der Waals surface area contributed by atoms with Crippen molar-refractivity contribution in [3.8, 4) is 0 Å². The van der Waals surface area contributed by atoms with Crippen molar-refractivity contribution < 1.29 is 13.6 Å². The second-order valence-electron chi connectivity index (χ2n) is 6.40. The lowest BCUT2D eigenvalue weighted by Crippen LogP contribution is -2.28. The van der Waals surface area contributed by atoms with E-state index in [9.17, 15) is 13.6 Å². The molecule has 1 aliphatic heterocycles. The molecule has 2 atom stereocenters. The van der Waals surface area contributed by atoms with E-state index >= 15 is 0 Å². The molecule has 1 aromatic heterocycles. The molecule has 0 fully saturated rings. The van der Waals surface area contributed by atoms with Crippen LogP contribution in [-0.2, 0) is 12.8 Å². The number of carbonyl (C=O) groups excluding carboxylic acids is 1. The number of nitrogen functional groups attached to an aromatic ring is 1. The summed E-state index contributed by atoms with van der Waals surface area (Å²) < 4.78 is 28.4. The van der Waals surface area contributed by atoms with Crippen LogP contribution in [0.3, 0.4) is 0 Å². The maximum atomic E-state index is 13.6. The summed E-state index contributed by atoms with van der Waals surface area (Å²) in [7, 11) is 0. The number of aryl methyl sites for hydroxylation is 1. The third-order valence-electron chi connectivity index (χ3n) is 4.87. The van der Waals surface area contributed by atoms with E-state index in [1.807, 2.05) is 0 Å². The van der Waals surface area contributed by atoms with Crippen LogP contribution in [0.1, 0.15) is 40.4 Å². The molecule has 0 radical (unpaired) electrons. The number of nitrogens with zero attached hydrogens (tertiary/aromatic N) is 2. The van der Waals surface area contributed by atoms with Crippen molar-refractivity contribution in [1.82, 2.24) is 9.78 Å². The highest BCUT2D eigenvalue weighted by atomic mass is 19.1. The SMILES string of the molecule is Nc1c2c(nn1C(=O)C1CCNc3ccc(F)cc31)CC[C@H](F)C2. The van der Waals surface area contributed by atoms with E-state index in [4.69, 9.17) is 5.73 Å². The molecule has 7 heteroatoms. The lowest BCUT2D eigenvalue weighted by molar-refractivity contribution is 0.0859. The molecule has 2 heterocycles. The summed E-state index contributed by atoms with van der Waals surface area (Å²) in [4.78, 5) is 13.0. The van der Waals surface area contributed by atoms with E-state index < -0.39 is 12.1 Å². The van der Waals surface area contributed by atoms with Crippen LogP contribution in [0.5, 0.6) is 0 Å². The van der Waals surface area contributed by atoms with E-state index in [1.165, 1.54) is 16.8 Å². The van der Waals surface area contributed by atoms with Gasteiger partial charge in [-0.2, -0.15) is 9.78 Å². The van der Waals surface area contributed by atoms with Crippen LogP contribution in [0.25, 0.3) is 0 Å². The number of halogens is 2. The van der Waals surface area contributed by atoms with Crippen molar-refractivity contribution in [2.75, 3.05) is 17.6 Å². The average Bonchev–Trinajstić information content (AvgIpc) is 2.90. The monoisotopic (exact) mass is 332 g/mol. The van der Waals surface area contributed by atoms with Crippen LogP contribution in [-0.4, -0.2) is 28.4 Å². The predicted molar refractivity (Wildman–Crippen MR) is 86.4 cm³/mol. The molecule has 0 spiro atoms. The summed E-state index contributed by atoms with van der Waals surface area (Å²) in [6.45, 7) is 0.614. The van der Waals surface area contributed by atoms with E-state index in [2.05, 4.69) is 10.4 Å². The van der Waals surface area contributed by atoms with E-state index in [1.54, 1.807) is 6.07 Å². The van der Waals surface area contributed by atoms with Gasteiger partial charge in [0.1, 0.15) is 17.8 Å². The first-order valence-corrected chi connectivity index (χ1v) is 8.12. The van der Waals surface area contributed by atoms with Gasteiger partial charge in [0.15, 0.2) is 0 Å². The van der Waals surface area contributed by atoms with E-state index in [0.717, 1.165) is 5.69 Å². The van der Waals surface area contributed by atoms with Crippen molar-refractivity contribution >= 4 is 17.4 Å². The highest BCUT2D eigenvalue weighted by molar-refractivity contribution is 5.90. The molecule has 0 bridgehead atoms. The fourth-order valence-corrected chi connectivity index (χ4v) is 3.61. The molecule has 0 saturated carbocycles. The molecule has 126 valence electrons. The Balaban J connectivity index is 1.72. The summed E-state index contributed by atoms with van der Waals surface area (Å²) in [5, 5.41) is 7.48. The lowest BCUT2D eigenvalue weighted by atomic mass is 9.90. The molecule has 1 aromatic carbocycles. The van der Waals surface area contributed by atoms with Crippen LogP contribution in [0.15, 0.2) is 18.2 Å². The molecule has 24 heavy (non-hydrogen) atoms. The first-order chi connectivity index (χ1) is 11.5. The van der Waals surface area contributed by atoms with Crippen molar-refractivity contribution in [3.63, 3.8) is 0 Å². The third-order valence-corrected chi connectivity index (χ3v) is 4.87. The van der Waals surface area contributed by atoms with Crippen molar-refractivity contribution in [2.45, 2.75) is 37.8 Å². The lowest BCUT2D eigenvalue weighted by Gasteiger charge is -2.25. The van der Waals surface area contributed by atoms with E-state index in [0.29, 0.717) is 42.6 Å². The smallest absolute Gasteiger partial charge is 0.256 e. The summed E-state index contributed by atoms with van der Waals surface area (Å²) in [6, 6.07) is 4.37. The van der Waals surface area contributed by atoms with Gasteiger partial charge in [0, 0.05) is 24.2 Å². The number of carbonyl (C=O) groups is 1. The third kappa shape index (κ3) is 2.35. The van der Waals surface area contributed by atoms with Gasteiger partial charge in [0.2, 0.25) is 0 Å². The molecule has 3 N–H and O–H groups in total. The summed E-state index contributed by atoms with van der Waals surface area (Å²) in [5.74, 6) is -0.968. The maximum Gasteiger partial charge on any atom is 0.256 e. The number of fused-ring (bicyclic) bond motifs is 2.